The summed E-state index contributed by atoms with van der Waals surface area (Å²) in [4.78, 5) is 24.4. The van der Waals surface area contributed by atoms with Gasteiger partial charge in [-0.25, -0.2) is 9.59 Å². The summed E-state index contributed by atoms with van der Waals surface area (Å²) in [5.41, 5.74) is 0.349. The number of ether oxygens (including phenoxy) is 1. The fourth-order valence-electron chi connectivity index (χ4n) is 3.10. The number of aromatic nitrogens is 1. The van der Waals surface area contributed by atoms with Crippen LogP contribution in [-0.4, -0.2) is 58.9 Å². The summed E-state index contributed by atoms with van der Waals surface area (Å²) in [5, 5.41) is 11.8. The second kappa shape index (κ2) is 5.77. The first kappa shape index (κ1) is 13.9. The number of carboxylic acid groups (broad SMARTS) is 1. The first-order chi connectivity index (χ1) is 10.1. The summed E-state index contributed by atoms with van der Waals surface area (Å²) < 4.78 is 7.00. The van der Waals surface area contributed by atoms with E-state index in [1.54, 1.807) is 12.1 Å². The van der Waals surface area contributed by atoms with Gasteiger partial charge in [-0.15, -0.1) is 0 Å². The zero-order valence-electron chi connectivity index (χ0n) is 11.7. The fraction of sp³-hybridized carbons (Fsp3) is 0.571. The van der Waals surface area contributed by atoms with Crippen LogP contribution in [0.2, 0.25) is 0 Å². The lowest BCUT2D eigenvalue weighted by Gasteiger charge is -2.34. The van der Waals surface area contributed by atoms with Gasteiger partial charge in [-0.1, -0.05) is 0 Å². The number of rotatable bonds is 4. The van der Waals surface area contributed by atoms with E-state index >= 15 is 0 Å². The molecule has 7 nitrogen and oxygen atoms in total. The molecule has 3 rings (SSSR count). The number of cyclic esters (lactones) is 1. The third kappa shape index (κ3) is 3.02. The highest BCUT2D eigenvalue weighted by Gasteiger charge is 2.28. The lowest BCUT2D eigenvalue weighted by molar-refractivity contribution is 0.0674. The Bertz CT molecular complexity index is 534. The Balaban J connectivity index is 1.54. The molecule has 0 aliphatic carbocycles. The quantitative estimate of drug-likeness (QED) is 0.863. The monoisotopic (exact) mass is 293 g/mol. The highest BCUT2D eigenvalue weighted by Crippen LogP contribution is 2.25. The number of carbonyl (C=O) groups excluding carboxylic acids is 1. The Labute approximate surface area is 122 Å². The molecule has 1 unspecified atom stereocenters. The van der Waals surface area contributed by atoms with E-state index in [1.807, 2.05) is 10.8 Å². The minimum Gasteiger partial charge on any atom is -0.477 e. The Morgan fingerprint density at radius 1 is 1.43 bits per heavy atom. The summed E-state index contributed by atoms with van der Waals surface area (Å²) in [7, 11) is 0. The van der Waals surface area contributed by atoms with Gasteiger partial charge in [-0.3, -0.25) is 4.90 Å². The van der Waals surface area contributed by atoms with Crippen LogP contribution >= 0.6 is 0 Å². The summed E-state index contributed by atoms with van der Waals surface area (Å²) in [5.74, 6) is -0.883. The number of carbonyl (C=O) groups is 2. The van der Waals surface area contributed by atoms with Crippen LogP contribution in [0.4, 0.5) is 4.79 Å². The topological polar surface area (TPSA) is 83.8 Å². The van der Waals surface area contributed by atoms with Gasteiger partial charge < -0.3 is 19.7 Å². The molecule has 0 radical (unpaired) electrons. The van der Waals surface area contributed by atoms with E-state index in [-0.39, 0.29) is 18.2 Å². The van der Waals surface area contributed by atoms with Gasteiger partial charge in [0, 0.05) is 31.9 Å². The van der Waals surface area contributed by atoms with E-state index in [9.17, 15) is 9.59 Å². The molecule has 1 amide bonds. The Morgan fingerprint density at radius 3 is 2.81 bits per heavy atom. The molecule has 0 bridgehead atoms. The zero-order chi connectivity index (χ0) is 14.8. The number of nitrogens with one attached hydrogen (secondary N) is 1. The lowest BCUT2D eigenvalue weighted by Crippen LogP contribution is -2.40. The van der Waals surface area contributed by atoms with E-state index in [0.29, 0.717) is 12.2 Å². The van der Waals surface area contributed by atoms with E-state index in [4.69, 9.17) is 9.84 Å². The summed E-state index contributed by atoms with van der Waals surface area (Å²) in [6.07, 6.45) is 3.24. The van der Waals surface area contributed by atoms with Crippen molar-refractivity contribution in [1.29, 1.82) is 0 Å². The summed E-state index contributed by atoms with van der Waals surface area (Å²) >= 11 is 0. The van der Waals surface area contributed by atoms with E-state index < -0.39 is 5.97 Å². The maximum Gasteiger partial charge on any atom is 0.407 e. The van der Waals surface area contributed by atoms with Crippen molar-refractivity contribution in [2.45, 2.75) is 25.0 Å². The molecule has 21 heavy (non-hydrogen) atoms. The molecule has 1 aromatic heterocycles. The number of likely N-dealkylation sites (tertiary alicyclic amines) is 1. The molecule has 3 heterocycles. The summed E-state index contributed by atoms with van der Waals surface area (Å²) in [6.45, 7) is 3.08. The highest BCUT2D eigenvalue weighted by molar-refractivity contribution is 5.85. The van der Waals surface area contributed by atoms with Crippen LogP contribution in [0.3, 0.4) is 0 Å². The van der Waals surface area contributed by atoms with Crippen molar-refractivity contribution < 1.29 is 19.4 Å². The number of hydrogen-bond donors (Lipinski definition) is 2. The van der Waals surface area contributed by atoms with Gasteiger partial charge in [0.25, 0.3) is 0 Å². The van der Waals surface area contributed by atoms with Crippen molar-refractivity contribution in [3.63, 3.8) is 0 Å². The second-order valence-corrected chi connectivity index (χ2v) is 5.55. The minimum atomic E-state index is -0.883. The number of aromatic carboxylic acids is 1. The van der Waals surface area contributed by atoms with Crippen LogP contribution in [0.1, 0.15) is 29.4 Å². The fourth-order valence-corrected chi connectivity index (χ4v) is 3.10. The predicted molar refractivity (Wildman–Crippen MR) is 74.4 cm³/mol. The SMILES string of the molecule is O=C1NCC(CN2CCC(n3cccc3C(=O)O)CC2)O1. The van der Waals surface area contributed by atoms with Crippen LogP contribution in [0, 0.1) is 0 Å². The van der Waals surface area contributed by atoms with Crippen LogP contribution < -0.4 is 5.32 Å². The minimum absolute atomic E-state index is 0.0739. The van der Waals surface area contributed by atoms with Gasteiger partial charge in [-0.2, -0.15) is 0 Å². The standard InChI is InChI=1S/C14H19N3O4/c18-13(19)12-2-1-5-17(12)10-3-6-16(7-4-10)9-11-8-15-14(20)21-11/h1-2,5,10-11H,3-4,6-9H2,(H,15,20)(H,18,19). The molecule has 0 saturated carbocycles. The normalized spacial score (nSPS) is 23.8. The molecule has 2 saturated heterocycles. The maximum atomic E-state index is 11.2. The maximum absolute atomic E-state index is 11.2. The first-order valence-electron chi connectivity index (χ1n) is 7.20. The first-order valence-corrected chi connectivity index (χ1v) is 7.20. The third-order valence-electron chi connectivity index (χ3n) is 4.16. The Hall–Kier alpha value is -2.02. The molecule has 2 aliphatic rings. The Kier molecular flexibility index (Phi) is 3.83. The number of nitrogens with zero attached hydrogens (tertiary/aromatic N) is 2. The van der Waals surface area contributed by atoms with Gasteiger partial charge in [0.15, 0.2) is 0 Å². The number of amides is 1. The molecule has 0 spiro atoms. The number of alkyl carbamates (subject to hydrolysis) is 1. The average Bonchev–Trinajstić information content (AvgIpc) is 3.09. The highest BCUT2D eigenvalue weighted by atomic mass is 16.6. The van der Waals surface area contributed by atoms with Crippen molar-refractivity contribution in [2.75, 3.05) is 26.2 Å². The van der Waals surface area contributed by atoms with Crippen molar-refractivity contribution in [1.82, 2.24) is 14.8 Å². The molecule has 1 aromatic rings. The van der Waals surface area contributed by atoms with Crippen LogP contribution in [0.15, 0.2) is 18.3 Å². The van der Waals surface area contributed by atoms with E-state index in [0.717, 1.165) is 32.5 Å². The molecule has 2 aliphatic heterocycles. The van der Waals surface area contributed by atoms with E-state index in [1.165, 1.54) is 0 Å². The number of hydrogen-bond acceptors (Lipinski definition) is 4. The molecule has 2 N–H and O–H groups in total. The molecular formula is C14H19N3O4. The van der Waals surface area contributed by atoms with Gasteiger partial charge in [0.1, 0.15) is 11.8 Å². The predicted octanol–water partition coefficient (Wildman–Crippen LogP) is 0.932. The van der Waals surface area contributed by atoms with E-state index in [2.05, 4.69) is 10.2 Å². The number of piperidine rings is 1. The largest absolute Gasteiger partial charge is 0.477 e. The van der Waals surface area contributed by atoms with Gasteiger partial charge in [0.05, 0.1) is 6.54 Å². The summed E-state index contributed by atoms with van der Waals surface area (Å²) in [6, 6.07) is 3.64. The molecule has 2 fully saturated rings. The van der Waals surface area contributed by atoms with Crippen molar-refractivity contribution in [3.8, 4) is 0 Å². The zero-order valence-corrected chi connectivity index (χ0v) is 11.7. The molecular weight excluding hydrogens is 274 g/mol. The molecule has 0 aromatic carbocycles. The smallest absolute Gasteiger partial charge is 0.407 e. The second-order valence-electron chi connectivity index (χ2n) is 5.55. The van der Waals surface area contributed by atoms with Crippen molar-refractivity contribution >= 4 is 12.1 Å². The van der Waals surface area contributed by atoms with Crippen molar-refractivity contribution in [3.05, 3.63) is 24.0 Å². The molecule has 1 atom stereocenters. The Morgan fingerprint density at radius 2 is 2.19 bits per heavy atom. The molecule has 7 heteroatoms. The third-order valence-corrected chi connectivity index (χ3v) is 4.16. The van der Waals surface area contributed by atoms with Crippen LogP contribution in [-0.2, 0) is 4.74 Å². The molecule has 114 valence electrons. The average molecular weight is 293 g/mol. The van der Waals surface area contributed by atoms with Crippen molar-refractivity contribution in [2.24, 2.45) is 0 Å². The van der Waals surface area contributed by atoms with Gasteiger partial charge >= 0.3 is 12.1 Å². The van der Waals surface area contributed by atoms with Crippen LogP contribution in [0.25, 0.3) is 0 Å². The van der Waals surface area contributed by atoms with Crippen LogP contribution in [0.5, 0.6) is 0 Å². The number of carboxylic acids is 1. The van der Waals surface area contributed by atoms with Gasteiger partial charge in [0.2, 0.25) is 0 Å². The lowest BCUT2D eigenvalue weighted by atomic mass is 10.0. The van der Waals surface area contributed by atoms with Gasteiger partial charge in [-0.05, 0) is 25.0 Å².